The highest BCUT2D eigenvalue weighted by molar-refractivity contribution is 5.92. The van der Waals surface area contributed by atoms with E-state index in [9.17, 15) is 14.0 Å². The summed E-state index contributed by atoms with van der Waals surface area (Å²) in [4.78, 5) is 25.2. The summed E-state index contributed by atoms with van der Waals surface area (Å²) in [6.45, 7) is 6.34. The Balaban J connectivity index is 2.51. The fraction of sp³-hybridized carbons (Fsp3) is 0.467. The van der Waals surface area contributed by atoms with E-state index in [1.165, 1.54) is 12.1 Å². The van der Waals surface area contributed by atoms with Gasteiger partial charge < -0.3 is 10.6 Å². The average Bonchev–Trinajstić information content (AvgIpc) is 2.39. The van der Waals surface area contributed by atoms with Crippen LogP contribution in [0.1, 0.15) is 20.8 Å². The first-order valence-corrected chi connectivity index (χ1v) is 6.98. The van der Waals surface area contributed by atoms with Crippen molar-refractivity contribution < 1.29 is 14.0 Å². The van der Waals surface area contributed by atoms with Gasteiger partial charge in [-0.1, -0.05) is 19.1 Å². The second kappa shape index (κ2) is 8.36. The number of hydrogen-bond acceptors (Lipinski definition) is 3. The first-order chi connectivity index (χ1) is 9.92. The zero-order chi connectivity index (χ0) is 15.8. The number of anilines is 1. The highest BCUT2D eigenvalue weighted by Gasteiger charge is 2.14. The summed E-state index contributed by atoms with van der Waals surface area (Å²) < 4.78 is 13.4. The Hall–Kier alpha value is -1.95. The normalized spacial score (nSPS) is 10.8. The van der Waals surface area contributed by atoms with E-state index in [1.54, 1.807) is 17.0 Å². The van der Waals surface area contributed by atoms with Gasteiger partial charge in [0.25, 0.3) is 0 Å². The van der Waals surface area contributed by atoms with Crippen molar-refractivity contribution in [1.29, 1.82) is 0 Å². The van der Waals surface area contributed by atoms with Crippen LogP contribution in [0.3, 0.4) is 0 Å². The molecule has 21 heavy (non-hydrogen) atoms. The lowest BCUT2D eigenvalue weighted by Crippen LogP contribution is -2.42. The van der Waals surface area contributed by atoms with E-state index in [0.29, 0.717) is 6.54 Å². The van der Waals surface area contributed by atoms with Crippen molar-refractivity contribution in [3.63, 3.8) is 0 Å². The van der Waals surface area contributed by atoms with Crippen LogP contribution in [0.25, 0.3) is 0 Å². The quantitative estimate of drug-likeness (QED) is 0.803. The van der Waals surface area contributed by atoms with Crippen LogP contribution in [0.4, 0.5) is 10.1 Å². The highest BCUT2D eigenvalue weighted by atomic mass is 19.1. The van der Waals surface area contributed by atoms with Crippen molar-refractivity contribution in [3.05, 3.63) is 30.1 Å². The molecule has 116 valence electrons. The van der Waals surface area contributed by atoms with Gasteiger partial charge in [0.1, 0.15) is 5.82 Å². The smallest absolute Gasteiger partial charge is 0.238 e. The van der Waals surface area contributed by atoms with Gasteiger partial charge in [-0.3, -0.25) is 14.5 Å². The predicted molar refractivity (Wildman–Crippen MR) is 80.4 cm³/mol. The van der Waals surface area contributed by atoms with Crippen molar-refractivity contribution in [2.75, 3.05) is 25.0 Å². The topological polar surface area (TPSA) is 61.4 Å². The van der Waals surface area contributed by atoms with Crippen LogP contribution in [-0.4, -0.2) is 42.4 Å². The van der Waals surface area contributed by atoms with Crippen molar-refractivity contribution in [1.82, 2.24) is 10.2 Å². The van der Waals surface area contributed by atoms with Crippen LogP contribution in [-0.2, 0) is 9.59 Å². The van der Waals surface area contributed by atoms with Crippen LogP contribution < -0.4 is 10.6 Å². The highest BCUT2D eigenvalue weighted by Crippen LogP contribution is 2.12. The number of halogens is 1. The van der Waals surface area contributed by atoms with Gasteiger partial charge in [-0.2, -0.15) is 0 Å². The number of likely N-dealkylation sites (N-methyl/N-ethyl adjacent to an activating group) is 1. The zero-order valence-corrected chi connectivity index (χ0v) is 12.6. The molecule has 1 aromatic rings. The largest absolute Gasteiger partial charge is 0.353 e. The minimum atomic E-state index is -0.480. The molecule has 0 aliphatic rings. The van der Waals surface area contributed by atoms with Gasteiger partial charge in [-0.25, -0.2) is 4.39 Å². The molecule has 0 bridgehead atoms. The number of hydrogen-bond donors (Lipinski definition) is 2. The molecule has 2 N–H and O–H groups in total. The molecule has 0 heterocycles. The van der Waals surface area contributed by atoms with Gasteiger partial charge in [0.2, 0.25) is 11.8 Å². The first-order valence-electron chi connectivity index (χ1n) is 6.98. The van der Waals surface area contributed by atoms with Crippen LogP contribution in [0.15, 0.2) is 24.3 Å². The number of nitrogens with one attached hydrogen (secondary N) is 2. The summed E-state index contributed by atoms with van der Waals surface area (Å²) >= 11 is 0. The third-order valence-electron chi connectivity index (χ3n) is 2.78. The fourth-order valence-electron chi connectivity index (χ4n) is 1.81. The Kier molecular flexibility index (Phi) is 6.81. The molecule has 0 radical (unpaired) electrons. The van der Waals surface area contributed by atoms with Crippen LogP contribution in [0.5, 0.6) is 0 Å². The van der Waals surface area contributed by atoms with Gasteiger partial charge >= 0.3 is 0 Å². The predicted octanol–water partition coefficient (Wildman–Crippen LogP) is 1.61. The number of nitrogens with zero attached hydrogens (tertiary/aromatic N) is 1. The van der Waals surface area contributed by atoms with Crippen molar-refractivity contribution in [2.45, 2.75) is 26.8 Å². The second-order valence-electron chi connectivity index (χ2n) is 5.05. The molecule has 1 rings (SSSR count). The van der Waals surface area contributed by atoms with Gasteiger partial charge in [-0.05, 0) is 32.5 Å². The molecule has 0 spiro atoms. The molecule has 0 aromatic heterocycles. The molecule has 6 heteroatoms. The Morgan fingerprint density at radius 2 is 1.81 bits per heavy atom. The third-order valence-corrected chi connectivity index (χ3v) is 2.78. The Morgan fingerprint density at radius 3 is 2.38 bits per heavy atom. The molecule has 0 fully saturated rings. The maximum absolute atomic E-state index is 13.4. The van der Waals surface area contributed by atoms with Gasteiger partial charge in [0.15, 0.2) is 0 Å². The lowest BCUT2D eigenvalue weighted by atomic mass is 10.3. The minimum Gasteiger partial charge on any atom is -0.353 e. The van der Waals surface area contributed by atoms with Crippen LogP contribution in [0.2, 0.25) is 0 Å². The first kappa shape index (κ1) is 17.1. The summed E-state index contributed by atoms with van der Waals surface area (Å²) in [7, 11) is 0. The van der Waals surface area contributed by atoms with E-state index in [-0.39, 0.29) is 36.6 Å². The fourth-order valence-corrected chi connectivity index (χ4v) is 1.81. The Morgan fingerprint density at radius 1 is 1.19 bits per heavy atom. The molecule has 1 aromatic carbocycles. The molecular formula is C15H22FN3O2. The lowest BCUT2D eigenvalue weighted by molar-refractivity contribution is -0.123. The van der Waals surface area contributed by atoms with Gasteiger partial charge in [-0.15, -0.1) is 0 Å². The van der Waals surface area contributed by atoms with E-state index < -0.39 is 5.82 Å². The van der Waals surface area contributed by atoms with Crippen molar-refractivity contribution in [3.8, 4) is 0 Å². The molecule has 0 unspecified atom stereocenters. The van der Waals surface area contributed by atoms with E-state index in [2.05, 4.69) is 10.6 Å². The zero-order valence-electron chi connectivity index (χ0n) is 12.6. The molecule has 0 saturated carbocycles. The molecular weight excluding hydrogens is 273 g/mol. The molecule has 0 aliphatic carbocycles. The Labute approximate surface area is 124 Å². The minimum absolute atomic E-state index is 0.0380. The molecule has 5 nitrogen and oxygen atoms in total. The standard InChI is InChI=1S/C15H22FN3O2/c1-4-19(9-14(20)17-11(2)3)10-15(21)18-13-8-6-5-7-12(13)16/h5-8,11H,4,9-10H2,1-3H3,(H,17,20)(H,18,21). The lowest BCUT2D eigenvalue weighted by Gasteiger charge is -2.20. The SMILES string of the molecule is CCN(CC(=O)Nc1ccccc1F)CC(=O)NC(C)C. The number of benzene rings is 1. The average molecular weight is 295 g/mol. The Bertz CT molecular complexity index is 492. The summed E-state index contributed by atoms with van der Waals surface area (Å²) in [5, 5.41) is 5.27. The van der Waals surface area contributed by atoms with Crippen LogP contribution >= 0.6 is 0 Å². The van der Waals surface area contributed by atoms with Crippen molar-refractivity contribution in [2.24, 2.45) is 0 Å². The van der Waals surface area contributed by atoms with Crippen LogP contribution in [0, 0.1) is 5.82 Å². The summed E-state index contributed by atoms with van der Waals surface area (Å²) in [6.07, 6.45) is 0. The summed E-state index contributed by atoms with van der Waals surface area (Å²) in [5.74, 6) is -0.962. The van der Waals surface area contributed by atoms with Gasteiger partial charge in [0.05, 0.1) is 18.8 Å². The van der Waals surface area contributed by atoms with E-state index in [4.69, 9.17) is 0 Å². The van der Waals surface area contributed by atoms with E-state index in [0.717, 1.165) is 0 Å². The maximum atomic E-state index is 13.4. The number of rotatable bonds is 7. The summed E-state index contributed by atoms with van der Waals surface area (Å²) in [6, 6.07) is 6.04. The number of para-hydroxylation sites is 1. The van der Waals surface area contributed by atoms with E-state index in [1.807, 2.05) is 20.8 Å². The molecule has 0 aliphatic heterocycles. The monoisotopic (exact) mass is 295 g/mol. The summed E-state index contributed by atoms with van der Waals surface area (Å²) in [5.41, 5.74) is 0.144. The molecule has 0 atom stereocenters. The van der Waals surface area contributed by atoms with E-state index >= 15 is 0 Å². The van der Waals surface area contributed by atoms with Crippen molar-refractivity contribution >= 4 is 17.5 Å². The molecule has 0 saturated heterocycles. The number of amides is 2. The number of carbonyl (C=O) groups excluding carboxylic acids is 2. The molecule has 2 amide bonds. The van der Waals surface area contributed by atoms with Gasteiger partial charge in [0, 0.05) is 6.04 Å². The second-order valence-corrected chi connectivity index (χ2v) is 5.05. The number of carbonyl (C=O) groups is 2. The third kappa shape index (κ3) is 6.35. The maximum Gasteiger partial charge on any atom is 0.238 e.